The zero-order chi connectivity index (χ0) is 15.9. The molecule has 0 saturated heterocycles. The van der Waals surface area contributed by atoms with Crippen molar-refractivity contribution in [1.82, 2.24) is 5.32 Å². The molecule has 1 N–H and O–H groups in total. The SMILES string of the molecule is O=C(CSCc1c(Cl)cccc1Cl)NCc1ccc(F)cc1. The summed E-state index contributed by atoms with van der Waals surface area (Å²) >= 11 is 13.6. The van der Waals surface area contributed by atoms with Crippen LogP contribution in [-0.4, -0.2) is 11.7 Å². The molecule has 6 heteroatoms. The summed E-state index contributed by atoms with van der Waals surface area (Å²) in [6.07, 6.45) is 0. The molecule has 0 aliphatic heterocycles. The molecule has 0 bridgehead atoms. The van der Waals surface area contributed by atoms with E-state index in [0.29, 0.717) is 28.1 Å². The Hall–Kier alpha value is -1.23. The molecule has 2 nitrogen and oxygen atoms in total. The Balaban J connectivity index is 1.75. The fourth-order valence-electron chi connectivity index (χ4n) is 1.77. The highest BCUT2D eigenvalue weighted by Gasteiger charge is 2.07. The normalized spacial score (nSPS) is 10.5. The second-order valence-corrected chi connectivity index (χ2v) is 6.40. The van der Waals surface area contributed by atoms with Crippen molar-refractivity contribution < 1.29 is 9.18 Å². The Morgan fingerprint density at radius 3 is 2.36 bits per heavy atom. The topological polar surface area (TPSA) is 29.1 Å². The van der Waals surface area contributed by atoms with Gasteiger partial charge in [0.05, 0.1) is 5.75 Å². The Kier molecular flexibility index (Phi) is 6.55. The van der Waals surface area contributed by atoms with Gasteiger partial charge in [-0.25, -0.2) is 4.39 Å². The molecule has 0 heterocycles. The van der Waals surface area contributed by atoms with Gasteiger partial charge in [0, 0.05) is 22.3 Å². The Morgan fingerprint density at radius 2 is 1.73 bits per heavy atom. The largest absolute Gasteiger partial charge is 0.351 e. The molecule has 1 amide bonds. The van der Waals surface area contributed by atoms with Gasteiger partial charge < -0.3 is 5.32 Å². The van der Waals surface area contributed by atoms with E-state index in [4.69, 9.17) is 23.2 Å². The van der Waals surface area contributed by atoms with Crippen molar-refractivity contribution in [2.24, 2.45) is 0 Å². The molecule has 2 rings (SSSR count). The smallest absolute Gasteiger partial charge is 0.230 e. The number of benzene rings is 2. The molecular weight excluding hydrogens is 344 g/mol. The van der Waals surface area contributed by atoms with Crippen molar-refractivity contribution in [2.45, 2.75) is 12.3 Å². The summed E-state index contributed by atoms with van der Waals surface area (Å²) in [4.78, 5) is 11.8. The van der Waals surface area contributed by atoms with Gasteiger partial charge in [-0.2, -0.15) is 0 Å². The quantitative estimate of drug-likeness (QED) is 0.812. The van der Waals surface area contributed by atoms with Crippen LogP contribution in [0.3, 0.4) is 0 Å². The van der Waals surface area contributed by atoms with E-state index in [1.54, 1.807) is 30.3 Å². The third kappa shape index (κ3) is 5.20. The maximum Gasteiger partial charge on any atom is 0.230 e. The Morgan fingerprint density at radius 1 is 1.09 bits per heavy atom. The van der Waals surface area contributed by atoms with Gasteiger partial charge >= 0.3 is 0 Å². The number of hydrogen-bond acceptors (Lipinski definition) is 2. The molecule has 0 aromatic heterocycles. The molecule has 0 atom stereocenters. The summed E-state index contributed by atoms with van der Waals surface area (Å²) in [5, 5.41) is 3.99. The van der Waals surface area contributed by atoms with E-state index >= 15 is 0 Å². The lowest BCUT2D eigenvalue weighted by atomic mass is 10.2. The van der Waals surface area contributed by atoms with Crippen LogP contribution < -0.4 is 5.32 Å². The van der Waals surface area contributed by atoms with Crippen LogP contribution in [0.25, 0.3) is 0 Å². The first-order valence-corrected chi connectivity index (χ1v) is 8.49. The summed E-state index contributed by atoms with van der Waals surface area (Å²) in [7, 11) is 0. The average molecular weight is 358 g/mol. The van der Waals surface area contributed by atoms with Crippen molar-refractivity contribution >= 4 is 40.9 Å². The number of amides is 1. The molecular formula is C16H14Cl2FNOS. The van der Waals surface area contributed by atoms with Gasteiger partial charge in [0.25, 0.3) is 0 Å². The molecule has 22 heavy (non-hydrogen) atoms. The minimum atomic E-state index is -0.290. The number of hydrogen-bond donors (Lipinski definition) is 1. The van der Waals surface area contributed by atoms with Gasteiger partial charge in [-0.1, -0.05) is 41.4 Å². The summed E-state index contributed by atoms with van der Waals surface area (Å²) in [5.74, 6) is 0.505. The number of halogens is 3. The highest BCUT2D eigenvalue weighted by atomic mass is 35.5. The maximum absolute atomic E-state index is 12.8. The first kappa shape index (κ1) is 17.1. The first-order valence-electron chi connectivity index (χ1n) is 6.58. The summed E-state index contributed by atoms with van der Waals surface area (Å²) in [6, 6.07) is 11.4. The van der Waals surface area contributed by atoms with Crippen molar-refractivity contribution in [2.75, 3.05) is 5.75 Å². The number of thioether (sulfide) groups is 1. The molecule has 0 aliphatic rings. The van der Waals surface area contributed by atoms with E-state index in [1.165, 1.54) is 23.9 Å². The molecule has 0 fully saturated rings. The Labute approximate surface area is 143 Å². The van der Waals surface area contributed by atoms with Crippen LogP contribution in [0.4, 0.5) is 4.39 Å². The fraction of sp³-hybridized carbons (Fsp3) is 0.188. The summed E-state index contributed by atoms with van der Waals surface area (Å²) in [5.41, 5.74) is 1.69. The lowest BCUT2D eigenvalue weighted by Crippen LogP contribution is -2.24. The van der Waals surface area contributed by atoms with E-state index in [2.05, 4.69) is 5.32 Å². The van der Waals surface area contributed by atoms with Gasteiger partial charge in [-0.3, -0.25) is 4.79 Å². The minimum Gasteiger partial charge on any atom is -0.351 e. The van der Waals surface area contributed by atoms with Gasteiger partial charge in [0.2, 0.25) is 5.91 Å². The van der Waals surface area contributed by atoms with E-state index in [1.807, 2.05) is 0 Å². The van der Waals surface area contributed by atoms with Crippen LogP contribution in [0, 0.1) is 5.82 Å². The average Bonchev–Trinajstić information content (AvgIpc) is 2.50. The van der Waals surface area contributed by atoms with E-state index < -0.39 is 0 Å². The van der Waals surface area contributed by atoms with Gasteiger partial charge in [0.15, 0.2) is 0 Å². The number of carbonyl (C=O) groups excluding carboxylic acids is 1. The third-order valence-corrected chi connectivity index (χ3v) is 4.61. The molecule has 116 valence electrons. The second kappa shape index (κ2) is 8.42. The first-order chi connectivity index (χ1) is 10.6. The van der Waals surface area contributed by atoms with Gasteiger partial charge in [-0.15, -0.1) is 11.8 Å². The predicted octanol–water partition coefficient (Wildman–Crippen LogP) is 4.68. The summed E-state index contributed by atoms with van der Waals surface area (Å²) < 4.78 is 12.8. The molecule has 0 radical (unpaired) electrons. The second-order valence-electron chi connectivity index (χ2n) is 4.60. The lowest BCUT2D eigenvalue weighted by molar-refractivity contribution is -0.118. The zero-order valence-electron chi connectivity index (χ0n) is 11.6. The fourth-order valence-corrected chi connectivity index (χ4v) is 3.36. The van der Waals surface area contributed by atoms with Crippen LogP contribution in [0.5, 0.6) is 0 Å². The molecule has 2 aromatic rings. The van der Waals surface area contributed by atoms with E-state index in [9.17, 15) is 9.18 Å². The molecule has 0 spiro atoms. The lowest BCUT2D eigenvalue weighted by Gasteiger charge is -2.07. The van der Waals surface area contributed by atoms with Crippen LogP contribution in [0.1, 0.15) is 11.1 Å². The van der Waals surface area contributed by atoms with Gasteiger partial charge in [0.1, 0.15) is 5.82 Å². The standard InChI is InChI=1S/C16H14Cl2FNOS/c17-14-2-1-3-15(18)13(14)9-22-10-16(21)20-8-11-4-6-12(19)7-5-11/h1-7H,8-10H2,(H,20,21). The molecule has 0 saturated carbocycles. The van der Waals surface area contributed by atoms with Crippen LogP contribution >= 0.6 is 35.0 Å². The van der Waals surface area contributed by atoms with E-state index in [0.717, 1.165) is 11.1 Å². The number of nitrogens with one attached hydrogen (secondary N) is 1. The maximum atomic E-state index is 12.8. The van der Waals surface area contributed by atoms with Gasteiger partial charge in [-0.05, 0) is 35.4 Å². The van der Waals surface area contributed by atoms with Crippen LogP contribution in [0.15, 0.2) is 42.5 Å². The molecule has 2 aromatic carbocycles. The monoisotopic (exact) mass is 357 g/mol. The third-order valence-electron chi connectivity index (χ3n) is 2.94. The van der Waals surface area contributed by atoms with Crippen molar-refractivity contribution in [3.63, 3.8) is 0 Å². The highest BCUT2D eigenvalue weighted by molar-refractivity contribution is 7.99. The van der Waals surface area contributed by atoms with Crippen LogP contribution in [0.2, 0.25) is 10.0 Å². The van der Waals surface area contributed by atoms with Crippen LogP contribution in [-0.2, 0) is 17.1 Å². The van der Waals surface area contributed by atoms with Crippen molar-refractivity contribution in [3.8, 4) is 0 Å². The number of carbonyl (C=O) groups is 1. The van der Waals surface area contributed by atoms with Crippen molar-refractivity contribution in [3.05, 3.63) is 69.5 Å². The zero-order valence-corrected chi connectivity index (χ0v) is 13.9. The molecule has 0 unspecified atom stereocenters. The van der Waals surface area contributed by atoms with E-state index in [-0.39, 0.29) is 11.7 Å². The van der Waals surface area contributed by atoms with Crippen molar-refractivity contribution in [1.29, 1.82) is 0 Å². The number of rotatable bonds is 6. The predicted molar refractivity (Wildman–Crippen MR) is 90.9 cm³/mol. The minimum absolute atomic E-state index is 0.0856. The highest BCUT2D eigenvalue weighted by Crippen LogP contribution is 2.28. The molecule has 0 aliphatic carbocycles. The summed E-state index contributed by atoms with van der Waals surface area (Å²) in [6.45, 7) is 0.381. The Bertz CT molecular complexity index is 629.